The van der Waals surface area contributed by atoms with Gasteiger partial charge in [-0.1, -0.05) is 0 Å². The zero-order valence-electron chi connectivity index (χ0n) is 16.1. The van der Waals surface area contributed by atoms with E-state index in [-0.39, 0.29) is 23.2 Å². The minimum absolute atomic E-state index is 0.141. The van der Waals surface area contributed by atoms with Gasteiger partial charge in [-0.2, -0.15) is 4.68 Å². The molecule has 4 rings (SSSR count). The van der Waals surface area contributed by atoms with E-state index in [9.17, 15) is 18.4 Å². The molecule has 1 aliphatic rings. The number of nitrogens with one attached hydrogen (secondary N) is 1. The fourth-order valence-corrected chi connectivity index (χ4v) is 3.51. The molecule has 30 heavy (non-hydrogen) atoms. The summed E-state index contributed by atoms with van der Waals surface area (Å²) in [7, 11) is 0. The molecule has 0 spiro atoms. The number of nitrogens with zero attached hydrogens (tertiary/aromatic N) is 3. The Morgan fingerprint density at radius 2 is 1.63 bits per heavy atom. The van der Waals surface area contributed by atoms with Gasteiger partial charge in [0.25, 0.3) is 5.56 Å². The average Bonchev–Trinajstić information content (AvgIpc) is 2.76. The second-order valence-electron chi connectivity index (χ2n) is 7.20. The van der Waals surface area contributed by atoms with Crippen molar-refractivity contribution >= 4 is 17.4 Å². The van der Waals surface area contributed by atoms with Gasteiger partial charge in [0.1, 0.15) is 17.5 Å². The van der Waals surface area contributed by atoms with Gasteiger partial charge in [0.15, 0.2) is 0 Å². The topological polar surface area (TPSA) is 67.2 Å². The number of amides is 1. The van der Waals surface area contributed by atoms with Gasteiger partial charge in [0.05, 0.1) is 11.6 Å². The molecule has 0 saturated carbocycles. The fraction of sp³-hybridized carbons (Fsp3) is 0.227. The Bertz CT molecular complexity index is 1100. The summed E-state index contributed by atoms with van der Waals surface area (Å²) in [6.07, 6.45) is 1.51. The number of rotatable bonds is 4. The lowest BCUT2D eigenvalue weighted by atomic mass is 9.97. The van der Waals surface area contributed by atoms with Crippen LogP contribution in [-0.4, -0.2) is 28.8 Å². The Kier molecular flexibility index (Phi) is 5.56. The molecule has 1 atom stereocenters. The molecule has 0 unspecified atom stereocenters. The summed E-state index contributed by atoms with van der Waals surface area (Å²) in [6.45, 7) is 1.15. The largest absolute Gasteiger partial charge is 0.354 e. The van der Waals surface area contributed by atoms with Crippen molar-refractivity contribution in [2.24, 2.45) is 5.92 Å². The van der Waals surface area contributed by atoms with Crippen molar-refractivity contribution in [2.75, 3.05) is 23.3 Å². The van der Waals surface area contributed by atoms with Crippen LogP contribution >= 0.6 is 0 Å². The molecule has 1 saturated heterocycles. The van der Waals surface area contributed by atoms with Crippen molar-refractivity contribution in [3.8, 4) is 5.69 Å². The third kappa shape index (κ3) is 4.37. The molecule has 3 aromatic rings. The normalized spacial score (nSPS) is 16.3. The zero-order valence-corrected chi connectivity index (χ0v) is 16.1. The summed E-state index contributed by atoms with van der Waals surface area (Å²) >= 11 is 0. The highest BCUT2D eigenvalue weighted by atomic mass is 19.1. The van der Waals surface area contributed by atoms with E-state index >= 15 is 0 Å². The Labute approximate surface area is 171 Å². The van der Waals surface area contributed by atoms with Crippen molar-refractivity contribution in [3.63, 3.8) is 0 Å². The van der Waals surface area contributed by atoms with Crippen molar-refractivity contribution < 1.29 is 13.6 Å². The van der Waals surface area contributed by atoms with E-state index in [0.717, 1.165) is 12.8 Å². The van der Waals surface area contributed by atoms with Gasteiger partial charge in [0, 0.05) is 24.8 Å². The van der Waals surface area contributed by atoms with Gasteiger partial charge in [-0.15, -0.1) is 5.10 Å². The Hall–Kier alpha value is -3.55. The molecular formula is C22H20F2N4O2. The first kappa shape index (κ1) is 19.8. The van der Waals surface area contributed by atoms with Crippen LogP contribution in [0.25, 0.3) is 5.69 Å². The van der Waals surface area contributed by atoms with Crippen LogP contribution in [-0.2, 0) is 4.79 Å². The maximum Gasteiger partial charge on any atom is 0.271 e. The summed E-state index contributed by atoms with van der Waals surface area (Å²) < 4.78 is 27.5. The molecule has 1 N–H and O–H groups in total. The lowest BCUT2D eigenvalue weighted by molar-refractivity contribution is -0.120. The summed E-state index contributed by atoms with van der Waals surface area (Å²) in [5.74, 6) is -0.596. The van der Waals surface area contributed by atoms with E-state index < -0.39 is 5.82 Å². The maximum absolute atomic E-state index is 13.2. The number of halogens is 2. The van der Waals surface area contributed by atoms with Gasteiger partial charge in [0.2, 0.25) is 5.91 Å². The smallest absolute Gasteiger partial charge is 0.271 e. The first-order valence-electron chi connectivity index (χ1n) is 9.67. The number of aromatic nitrogens is 2. The van der Waals surface area contributed by atoms with E-state index in [1.54, 1.807) is 6.07 Å². The first-order chi connectivity index (χ1) is 14.5. The molecule has 1 aromatic heterocycles. The van der Waals surface area contributed by atoms with Crippen molar-refractivity contribution in [1.29, 1.82) is 0 Å². The van der Waals surface area contributed by atoms with Crippen LogP contribution in [0.1, 0.15) is 12.8 Å². The second-order valence-corrected chi connectivity index (χ2v) is 7.20. The highest BCUT2D eigenvalue weighted by Crippen LogP contribution is 2.23. The van der Waals surface area contributed by atoms with Gasteiger partial charge in [-0.3, -0.25) is 9.59 Å². The van der Waals surface area contributed by atoms with Gasteiger partial charge in [-0.25, -0.2) is 8.78 Å². The number of hydrogen-bond acceptors (Lipinski definition) is 4. The van der Waals surface area contributed by atoms with Crippen LogP contribution in [0.3, 0.4) is 0 Å². The molecule has 0 aliphatic carbocycles. The van der Waals surface area contributed by atoms with Crippen molar-refractivity contribution in [3.05, 3.63) is 82.7 Å². The van der Waals surface area contributed by atoms with Crippen molar-refractivity contribution in [1.82, 2.24) is 9.78 Å². The Morgan fingerprint density at radius 1 is 0.967 bits per heavy atom. The number of carbonyl (C=O) groups is 1. The van der Waals surface area contributed by atoms with Gasteiger partial charge in [-0.05, 0) is 67.4 Å². The molecule has 1 amide bonds. The number of hydrogen-bond donors (Lipinski definition) is 1. The highest BCUT2D eigenvalue weighted by Gasteiger charge is 2.27. The van der Waals surface area contributed by atoms with Crippen LogP contribution in [0.5, 0.6) is 0 Å². The molecule has 2 aromatic carbocycles. The quantitative estimate of drug-likeness (QED) is 0.716. The standard InChI is InChI=1S/C22H20F2N4O2/c23-16-3-7-18(8-4-16)25-22(30)15-2-1-13-27(14-15)20-11-12-21(29)28(26-20)19-9-5-17(24)6-10-19/h3-12,15H,1-2,13-14H2,(H,25,30)/t15-/m1/s1. The third-order valence-corrected chi connectivity index (χ3v) is 5.09. The minimum atomic E-state index is -0.394. The molecular weight excluding hydrogens is 390 g/mol. The Balaban J connectivity index is 1.51. The SMILES string of the molecule is O=C(Nc1ccc(F)cc1)[C@@H]1CCCN(c2ccc(=O)n(-c3ccc(F)cc3)n2)C1. The highest BCUT2D eigenvalue weighted by molar-refractivity contribution is 5.93. The molecule has 1 aliphatic heterocycles. The van der Waals surface area contributed by atoms with Gasteiger partial charge < -0.3 is 10.2 Å². The first-order valence-corrected chi connectivity index (χ1v) is 9.67. The zero-order chi connectivity index (χ0) is 21.1. The van der Waals surface area contributed by atoms with Crippen LogP contribution in [0.2, 0.25) is 0 Å². The number of carbonyl (C=O) groups excluding carboxylic acids is 1. The predicted octanol–water partition coefficient (Wildman–Crippen LogP) is 3.37. The Morgan fingerprint density at radius 3 is 2.33 bits per heavy atom. The molecule has 6 nitrogen and oxygen atoms in total. The predicted molar refractivity (Wildman–Crippen MR) is 110 cm³/mol. The number of benzene rings is 2. The third-order valence-electron chi connectivity index (χ3n) is 5.09. The monoisotopic (exact) mass is 410 g/mol. The molecule has 154 valence electrons. The van der Waals surface area contributed by atoms with E-state index in [4.69, 9.17) is 0 Å². The summed E-state index contributed by atoms with van der Waals surface area (Å²) in [5.41, 5.74) is 0.681. The minimum Gasteiger partial charge on any atom is -0.354 e. The van der Waals surface area contributed by atoms with E-state index in [2.05, 4.69) is 10.4 Å². The molecule has 1 fully saturated rings. The maximum atomic E-state index is 13.2. The summed E-state index contributed by atoms with van der Waals surface area (Å²) in [6, 6.07) is 14.2. The number of anilines is 2. The molecule has 0 bridgehead atoms. The van der Waals surface area contributed by atoms with E-state index in [1.807, 2.05) is 4.90 Å². The summed E-state index contributed by atoms with van der Waals surface area (Å²) in [4.78, 5) is 26.9. The second kappa shape index (κ2) is 8.44. The van der Waals surface area contributed by atoms with Crippen LogP contribution in [0, 0.1) is 17.6 Å². The molecule has 0 radical (unpaired) electrons. The lowest BCUT2D eigenvalue weighted by Crippen LogP contribution is -2.41. The van der Waals surface area contributed by atoms with Crippen molar-refractivity contribution in [2.45, 2.75) is 12.8 Å². The average molecular weight is 410 g/mol. The van der Waals surface area contributed by atoms with Crippen LogP contribution in [0.4, 0.5) is 20.3 Å². The number of piperidine rings is 1. The van der Waals surface area contributed by atoms with E-state index in [0.29, 0.717) is 30.3 Å². The van der Waals surface area contributed by atoms with E-state index in [1.165, 1.54) is 59.3 Å². The molecule has 2 heterocycles. The van der Waals surface area contributed by atoms with Crippen LogP contribution < -0.4 is 15.8 Å². The lowest BCUT2D eigenvalue weighted by Gasteiger charge is -2.32. The molecule has 8 heteroatoms. The summed E-state index contributed by atoms with van der Waals surface area (Å²) in [5, 5.41) is 7.24. The fourth-order valence-electron chi connectivity index (χ4n) is 3.51. The van der Waals surface area contributed by atoms with Crippen LogP contribution in [0.15, 0.2) is 65.5 Å². The van der Waals surface area contributed by atoms with Gasteiger partial charge >= 0.3 is 0 Å².